The monoisotopic (exact) mass is 246 g/mol. The summed E-state index contributed by atoms with van der Waals surface area (Å²) >= 11 is 1.69. The summed E-state index contributed by atoms with van der Waals surface area (Å²) in [5, 5.41) is 4.17. The van der Waals surface area contributed by atoms with E-state index in [0.717, 1.165) is 17.1 Å². The third-order valence-electron chi connectivity index (χ3n) is 2.39. The van der Waals surface area contributed by atoms with E-state index in [9.17, 15) is 0 Å². The van der Waals surface area contributed by atoms with Gasteiger partial charge in [0.15, 0.2) is 0 Å². The fourth-order valence-corrected chi connectivity index (χ4v) is 2.12. The predicted molar refractivity (Wildman–Crippen MR) is 72.8 cm³/mol. The van der Waals surface area contributed by atoms with Crippen LogP contribution in [-0.4, -0.2) is 14.2 Å². The topological polar surface area (TPSA) is 18.5 Å². The Morgan fingerprint density at radius 1 is 0.941 bits per heavy atom. The number of hydrogen-bond donors (Lipinski definition) is 0. The number of benzene rings is 1. The van der Waals surface area contributed by atoms with Crippen LogP contribution in [0.1, 0.15) is 11.1 Å². The Morgan fingerprint density at radius 3 is 2.12 bits per heavy atom. The third kappa shape index (κ3) is 3.11. The molecule has 1 heterocycles. The zero-order chi connectivity index (χ0) is 12.1. The van der Waals surface area contributed by atoms with Crippen molar-refractivity contribution in [1.29, 1.82) is 0 Å². The second kappa shape index (κ2) is 5.55. The van der Waals surface area contributed by atoms with Crippen LogP contribution < -0.4 is 9.47 Å². The molecule has 2 rings (SSSR count). The highest BCUT2D eigenvalue weighted by Gasteiger charge is 1.99. The first-order valence-electron chi connectivity index (χ1n) is 5.25. The van der Waals surface area contributed by atoms with Gasteiger partial charge in [-0.2, -0.15) is 11.3 Å². The highest BCUT2D eigenvalue weighted by molar-refractivity contribution is 7.08. The molecule has 0 unspecified atom stereocenters. The molecule has 0 atom stereocenters. The summed E-state index contributed by atoms with van der Waals surface area (Å²) in [6.45, 7) is 0. The molecule has 1 aromatic carbocycles. The van der Waals surface area contributed by atoms with Crippen molar-refractivity contribution in [3.8, 4) is 11.5 Å². The Balaban J connectivity index is 2.25. The van der Waals surface area contributed by atoms with Gasteiger partial charge in [0.25, 0.3) is 0 Å². The summed E-state index contributed by atoms with van der Waals surface area (Å²) in [5.41, 5.74) is 2.27. The molecule has 0 aliphatic carbocycles. The first-order valence-corrected chi connectivity index (χ1v) is 6.19. The lowest BCUT2D eigenvalue weighted by Gasteiger charge is -2.05. The van der Waals surface area contributed by atoms with Crippen LogP contribution in [0.4, 0.5) is 0 Å². The Kier molecular flexibility index (Phi) is 3.83. The van der Waals surface area contributed by atoms with Gasteiger partial charge in [0, 0.05) is 6.07 Å². The molecule has 0 aliphatic heterocycles. The summed E-state index contributed by atoms with van der Waals surface area (Å²) < 4.78 is 10.4. The van der Waals surface area contributed by atoms with Crippen molar-refractivity contribution in [1.82, 2.24) is 0 Å². The fraction of sp³-hybridized carbons (Fsp3) is 0.143. The van der Waals surface area contributed by atoms with Gasteiger partial charge >= 0.3 is 0 Å². The summed E-state index contributed by atoms with van der Waals surface area (Å²) in [4.78, 5) is 0. The van der Waals surface area contributed by atoms with Gasteiger partial charge in [-0.1, -0.05) is 12.2 Å². The van der Waals surface area contributed by atoms with Gasteiger partial charge in [-0.25, -0.2) is 0 Å². The van der Waals surface area contributed by atoms with Crippen LogP contribution in [0.5, 0.6) is 11.5 Å². The van der Waals surface area contributed by atoms with E-state index < -0.39 is 0 Å². The minimum atomic E-state index is 0.800. The Labute approximate surface area is 105 Å². The maximum Gasteiger partial charge on any atom is 0.123 e. The molecule has 0 saturated carbocycles. The summed E-state index contributed by atoms with van der Waals surface area (Å²) in [6, 6.07) is 7.90. The maximum atomic E-state index is 5.22. The summed E-state index contributed by atoms with van der Waals surface area (Å²) in [7, 11) is 3.31. The van der Waals surface area contributed by atoms with Crippen molar-refractivity contribution in [3.63, 3.8) is 0 Å². The second-order valence-electron chi connectivity index (χ2n) is 3.54. The third-order valence-corrected chi connectivity index (χ3v) is 3.09. The molecule has 0 amide bonds. The fourth-order valence-electron chi connectivity index (χ4n) is 1.49. The van der Waals surface area contributed by atoms with Gasteiger partial charge < -0.3 is 9.47 Å². The van der Waals surface area contributed by atoms with Gasteiger partial charge in [-0.05, 0) is 40.1 Å². The van der Waals surface area contributed by atoms with Crippen molar-refractivity contribution in [2.24, 2.45) is 0 Å². The molecule has 3 heteroatoms. The smallest absolute Gasteiger partial charge is 0.123 e. The van der Waals surface area contributed by atoms with E-state index in [1.54, 1.807) is 25.6 Å². The van der Waals surface area contributed by atoms with Crippen molar-refractivity contribution in [3.05, 3.63) is 46.2 Å². The van der Waals surface area contributed by atoms with Crippen molar-refractivity contribution in [2.75, 3.05) is 14.2 Å². The standard InChI is InChI=1S/C14H14O2S/c1-15-13-7-12(8-14(9-13)16-2)4-3-11-5-6-17-10-11/h3-10H,1-2H3/b4-3-. The van der Waals surface area contributed by atoms with Crippen LogP contribution in [0.25, 0.3) is 12.2 Å². The van der Waals surface area contributed by atoms with Crippen molar-refractivity contribution < 1.29 is 9.47 Å². The molecular weight excluding hydrogens is 232 g/mol. The number of ether oxygens (including phenoxy) is 2. The first kappa shape index (κ1) is 11.7. The van der Waals surface area contributed by atoms with E-state index in [1.165, 1.54) is 5.56 Å². The molecule has 0 bridgehead atoms. The molecule has 0 spiro atoms. The molecule has 2 aromatic rings. The molecule has 88 valence electrons. The lowest BCUT2D eigenvalue weighted by atomic mass is 10.1. The number of methoxy groups -OCH3 is 2. The lowest BCUT2D eigenvalue weighted by molar-refractivity contribution is 0.394. The molecule has 2 nitrogen and oxygen atoms in total. The van der Waals surface area contributed by atoms with Crippen LogP contribution >= 0.6 is 11.3 Å². The second-order valence-corrected chi connectivity index (χ2v) is 4.32. The first-order chi connectivity index (χ1) is 8.31. The molecule has 1 aromatic heterocycles. The van der Waals surface area contributed by atoms with Crippen LogP contribution in [0, 0.1) is 0 Å². The molecule has 0 N–H and O–H groups in total. The Hall–Kier alpha value is -1.74. The van der Waals surface area contributed by atoms with Crippen LogP contribution in [0.3, 0.4) is 0 Å². The van der Waals surface area contributed by atoms with Crippen LogP contribution in [0.15, 0.2) is 35.0 Å². The Morgan fingerprint density at radius 2 is 1.59 bits per heavy atom. The van der Waals surface area contributed by atoms with Gasteiger partial charge in [0.1, 0.15) is 11.5 Å². The predicted octanol–water partition coefficient (Wildman–Crippen LogP) is 3.94. The van der Waals surface area contributed by atoms with E-state index in [0.29, 0.717) is 0 Å². The average Bonchev–Trinajstić information content (AvgIpc) is 2.89. The Bertz CT molecular complexity index is 479. The minimum Gasteiger partial charge on any atom is -0.497 e. The zero-order valence-corrected chi connectivity index (χ0v) is 10.7. The van der Waals surface area contributed by atoms with Crippen molar-refractivity contribution >= 4 is 23.5 Å². The van der Waals surface area contributed by atoms with E-state index in [-0.39, 0.29) is 0 Å². The average molecular weight is 246 g/mol. The molecular formula is C14H14O2S. The van der Waals surface area contributed by atoms with E-state index >= 15 is 0 Å². The highest BCUT2D eigenvalue weighted by Crippen LogP contribution is 2.24. The highest BCUT2D eigenvalue weighted by atomic mass is 32.1. The largest absolute Gasteiger partial charge is 0.497 e. The van der Waals surface area contributed by atoms with E-state index in [2.05, 4.69) is 22.9 Å². The lowest BCUT2D eigenvalue weighted by Crippen LogP contribution is -1.87. The van der Waals surface area contributed by atoms with E-state index in [4.69, 9.17) is 9.47 Å². The SMILES string of the molecule is COc1cc(/C=C\c2ccsc2)cc(OC)c1. The zero-order valence-electron chi connectivity index (χ0n) is 9.84. The van der Waals surface area contributed by atoms with Gasteiger partial charge in [0.2, 0.25) is 0 Å². The van der Waals surface area contributed by atoms with Gasteiger partial charge in [-0.3, -0.25) is 0 Å². The molecule has 0 saturated heterocycles. The summed E-state index contributed by atoms with van der Waals surface area (Å²) in [6.07, 6.45) is 4.12. The van der Waals surface area contributed by atoms with Crippen LogP contribution in [-0.2, 0) is 0 Å². The van der Waals surface area contributed by atoms with Crippen molar-refractivity contribution in [2.45, 2.75) is 0 Å². The van der Waals surface area contributed by atoms with Gasteiger partial charge in [0.05, 0.1) is 14.2 Å². The molecule has 0 fully saturated rings. The van der Waals surface area contributed by atoms with Crippen LogP contribution in [0.2, 0.25) is 0 Å². The quantitative estimate of drug-likeness (QED) is 0.813. The number of rotatable bonds is 4. The molecule has 0 radical (unpaired) electrons. The van der Waals surface area contributed by atoms with E-state index in [1.807, 2.05) is 24.3 Å². The maximum absolute atomic E-state index is 5.22. The normalized spacial score (nSPS) is 10.7. The number of thiophene rings is 1. The molecule has 0 aliphatic rings. The minimum absolute atomic E-state index is 0.800. The van der Waals surface area contributed by atoms with Gasteiger partial charge in [-0.15, -0.1) is 0 Å². The molecule has 17 heavy (non-hydrogen) atoms. The number of hydrogen-bond acceptors (Lipinski definition) is 3. The summed E-state index contributed by atoms with van der Waals surface area (Å²) in [5.74, 6) is 1.60.